The van der Waals surface area contributed by atoms with Crippen LogP contribution in [-0.2, 0) is 11.2 Å². The zero-order valence-corrected chi connectivity index (χ0v) is 17.6. The van der Waals surface area contributed by atoms with Crippen molar-refractivity contribution in [3.05, 3.63) is 22.4 Å². The van der Waals surface area contributed by atoms with E-state index in [9.17, 15) is 9.59 Å². The second-order valence-electron chi connectivity index (χ2n) is 8.26. The van der Waals surface area contributed by atoms with Gasteiger partial charge in [-0.2, -0.15) is 11.3 Å². The summed E-state index contributed by atoms with van der Waals surface area (Å²) in [7, 11) is 5.67. The summed E-state index contributed by atoms with van der Waals surface area (Å²) in [6.45, 7) is 3.45. The Morgan fingerprint density at radius 2 is 2.00 bits per heavy atom. The number of urea groups is 1. The number of amides is 3. The number of nitrogens with zero attached hydrogens (tertiary/aromatic N) is 3. The highest BCUT2D eigenvalue weighted by Gasteiger charge is 2.47. The number of hydrogen-bond acceptors (Lipinski definition) is 4. The van der Waals surface area contributed by atoms with Crippen LogP contribution in [0.1, 0.15) is 31.2 Å². The standard InChI is InChI=1S/C20H32N4O2S/c1-22(2)19(26)21-14-17-20(7-10-23(3)11-8-20)6-4-9-24(17)18(25)13-16-5-12-27-15-16/h5,12,15,17H,4,6-11,13-14H2,1-3H3,(H,21,26)/t17-/m0/s1. The number of carbonyl (C=O) groups is 2. The molecule has 150 valence electrons. The van der Waals surface area contributed by atoms with E-state index in [2.05, 4.69) is 27.5 Å². The maximum atomic E-state index is 13.1. The molecule has 3 rings (SSSR count). The molecule has 1 aromatic rings. The van der Waals surface area contributed by atoms with Gasteiger partial charge in [-0.3, -0.25) is 4.79 Å². The monoisotopic (exact) mass is 392 g/mol. The van der Waals surface area contributed by atoms with Crippen LogP contribution in [0.3, 0.4) is 0 Å². The summed E-state index contributed by atoms with van der Waals surface area (Å²) in [5.41, 5.74) is 1.21. The topological polar surface area (TPSA) is 55.9 Å². The van der Waals surface area contributed by atoms with Crippen LogP contribution in [0.15, 0.2) is 16.8 Å². The Hall–Kier alpha value is -1.60. The molecular weight excluding hydrogens is 360 g/mol. The van der Waals surface area contributed by atoms with E-state index in [1.807, 2.05) is 11.4 Å². The third-order valence-corrected chi connectivity index (χ3v) is 6.98. The number of hydrogen-bond donors (Lipinski definition) is 1. The molecular formula is C20H32N4O2S. The Morgan fingerprint density at radius 3 is 2.63 bits per heavy atom. The van der Waals surface area contributed by atoms with Crippen molar-refractivity contribution in [2.45, 2.75) is 38.1 Å². The van der Waals surface area contributed by atoms with Crippen LogP contribution in [0.25, 0.3) is 0 Å². The van der Waals surface area contributed by atoms with Gasteiger partial charge in [-0.25, -0.2) is 4.79 Å². The number of piperidine rings is 2. The van der Waals surface area contributed by atoms with E-state index in [0.717, 1.165) is 50.9 Å². The van der Waals surface area contributed by atoms with Gasteiger partial charge >= 0.3 is 6.03 Å². The van der Waals surface area contributed by atoms with Crippen molar-refractivity contribution in [3.8, 4) is 0 Å². The summed E-state index contributed by atoms with van der Waals surface area (Å²) < 4.78 is 0. The molecule has 1 atom stereocenters. The molecule has 2 fully saturated rings. The van der Waals surface area contributed by atoms with Gasteiger partial charge in [0.25, 0.3) is 0 Å². The number of nitrogens with one attached hydrogen (secondary N) is 1. The maximum absolute atomic E-state index is 13.1. The Kier molecular flexibility index (Phi) is 6.42. The number of rotatable bonds is 4. The molecule has 0 saturated carbocycles. The Balaban J connectivity index is 1.78. The van der Waals surface area contributed by atoms with Crippen molar-refractivity contribution < 1.29 is 9.59 Å². The summed E-state index contributed by atoms with van der Waals surface area (Å²) in [5, 5.41) is 7.13. The summed E-state index contributed by atoms with van der Waals surface area (Å²) >= 11 is 1.63. The highest BCUT2D eigenvalue weighted by Crippen LogP contribution is 2.44. The molecule has 0 unspecified atom stereocenters. The van der Waals surface area contributed by atoms with E-state index in [4.69, 9.17) is 0 Å². The first-order valence-corrected chi connectivity index (χ1v) is 10.8. The molecule has 2 aliphatic heterocycles. The minimum atomic E-state index is -0.0890. The minimum Gasteiger partial charge on any atom is -0.337 e. The number of likely N-dealkylation sites (tertiary alicyclic amines) is 2. The Bertz CT molecular complexity index is 638. The van der Waals surface area contributed by atoms with Crippen molar-refractivity contribution in [1.82, 2.24) is 20.0 Å². The zero-order chi connectivity index (χ0) is 19.4. The van der Waals surface area contributed by atoms with Crippen LogP contribution in [0.5, 0.6) is 0 Å². The van der Waals surface area contributed by atoms with Gasteiger partial charge in [0.2, 0.25) is 5.91 Å². The van der Waals surface area contributed by atoms with Crippen molar-refractivity contribution in [2.75, 3.05) is 47.3 Å². The molecule has 7 heteroatoms. The molecule has 3 amide bonds. The first kappa shape index (κ1) is 20.1. The first-order chi connectivity index (χ1) is 12.9. The predicted molar refractivity (Wildman–Crippen MR) is 109 cm³/mol. The van der Waals surface area contributed by atoms with Gasteiger partial charge in [0.15, 0.2) is 0 Å². The van der Waals surface area contributed by atoms with Gasteiger partial charge in [0.05, 0.1) is 12.5 Å². The molecule has 27 heavy (non-hydrogen) atoms. The van der Waals surface area contributed by atoms with Gasteiger partial charge in [-0.1, -0.05) is 0 Å². The molecule has 2 saturated heterocycles. The predicted octanol–water partition coefficient (Wildman–Crippen LogP) is 2.26. The van der Waals surface area contributed by atoms with Gasteiger partial charge in [0.1, 0.15) is 0 Å². The van der Waals surface area contributed by atoms with E-state index in [-0.39, 0.29) is 23.4 Å². The van der Waals surface area contributed by atoms with Gasteiger partial charge in [0, 0.05) is 27.2 Å². The summed E-state index contributed by atoms with van der Waals surface area (Å²) in [6.07, 6.45) is 4.84. The van der Waals surface area contributed by atoms with E-state index in [1.54, 1.807) is 30.3 Å². The molecule has 0 bridgehead atoms. The lowest BCUT2D eigenvalue weighted by Gasteiger charge is -2.53. The van der Waals surface area contributed by atoms with Crippen LogP contribution in [0.2, 0.25) is 0 Å². The average molecular weight is 393 g/mol. The van der Waals surface area contributed by atoms with Crippen LogP contribution in [-0.4, -0.2) is 80.0 Å². The third kappa shape index (κ3) is 4.63. The van der Waals surface area contributed by atoms with E-state index in [1.165, 1.54) is 0 Å². The average Bonchev–Trinajstić information content (AvgIpc) is 3.15. The fourth-order valence-corrected chi connectivity index (χ4v) is 5.21. The highest BCUT2D eigenvalue weighted by atomic mass is 32.1. The number of carbonyl (C=O) groups excluding carboxylic acids is 2. The molecule has 1 aromatic heterocycles. The zero-order valence-electron chi connectivity index (χ0n) is 16.7. The van der Waals surface area contributed by atoms with Crippen LogP contribution in [0, 0.1) is 5.41 Å². The molecule has 3 heterocycles. The number of thiophene rings is 1. The van der Waals surface area contributed by atoms with Crippen molar-refractivity contribution >= 4 is 23.3 Å². The van der Waals surface area contributed by atoms with Gasteiger partial charge in [-0.15, -0.1) is 0 Å². The molecule has 1 N–H and O–H groups in total. The lowest BCUT2D eigenvalue weighted by atomic mass is 9.66. The highest BCUT2D eigenvalue weighted by molar-refractivity contribution is 7.08. The second kappa shape index (κ2) is 8.61. The second-order valence-corrected chi connectivity index (χ2v) is 9.04. The molecule has 6 nitrogen and oxygen atoms in total. The van der Waals surface area contributed by atoms with Crippen molar-refractivity contribution in [3.63, 3.8) is 0 Å². The van der Waals surface area contributed by atoms with Crippen molar-refractivity contribution in [2.24, 2.45) is 5.41 Å². The lowest BCUT2D eigenvalue weighted by molar-refractivity contribution is -0.140. The quantitative estimate of drug-likeness (QED) is 0.855. The van der Waals surface area contributed by atoms with Crippen LogP contribution >= 0.6 is 11.3 Å². The molecule has 0 aliphatic carbocycles. The lowest BCUT2D eigenvalue weighted by Crippen LogP contribution is -2.61. The fourth-order valence-electron chi connectivity index (χ4n) is 4.54. The molecule has 0 aromatic carbocycles. The SMILES string of the molecule is CN1CCC2(CCCN(C(=O)Cc3ccsc3)[C@H]2CNC(=O)N(C)C)CC1. The first-order valence-electron chi connectivity index (χ1n) is 9.85. The van der Waals surface area contributed by atoms with Gasteiger partial charge in [-0.05, 0) is 73.6 Å². The Labute approximate surface area is 166 Å². The van der Waals surface area contributed by atoms with Crippen molar-refractivity contribution in [1.29, 1.82) is 0 Å². The van der Waals surface area contributed by atoms with E-state index in [0.29, 0.717) is 13.0 Å². The van der Waals surface area contributed by atoms with Gasteiger partial charge < -0.3 is 20.0 Å². The fraction of sp³-hybridized carbons (Fsp3) is 0.700. The molecule has 0 radical (unpaired) electrons. The minimum absolute atomic E-state index is 0.0787. The van der Waals surface area contributed by atoms with Crippen LogP contribution in [0.4, 0.5) is 4.79 Å². The smallest absolute Gasteiger partial charge is 0.316 e. The molecule has 2 aliphatic rings. The Morgan fingerprint density at radius 1 is 1.26 bits per heavy atom. The summed E-state index contributed by atoms with van der Waals surface area (Å²) in [6, 6.07) is 2.02. The summed E-state index contributed by atoms with van der Waals surface area (Å²) in [4.78, 5) is 31.3. The normalized spacial score (nSPS) is 22.6. The molecule has 1 spiro atoms. The van der Waals surface area contributed by atoms with Crippen LogP contribution < -0.4 is 5.32 Å². The largest absolute Gasteiger partial charge is 0.337 e. The summed E-state index contributed by atoms with van der Waals surface area (Å²) in [5.74, 6) is 0.190. The van der Waals surface area contributed by atoms with E-state index < -0.39 is 0 Å². The van der Waals surface area contributed by atoms with E-state index >= 15 is 0 Å². The third-order valence-electron chi connectivity index (χ3n) is 6.25. The maximum Gasteiger partial charge on any atom is 0.316 e.